The SMILES string of the molecule is C[C@@H](NC(=O)OCC1c2ccccc2-c2ccccc21)C(=O)NCc1nc(C(=O)O)cs1. The minimum atomic E-state index is -1.12. The Hall–Kier alpha value is -3.72. The van der Waals surface area contributed by atoms with Gasteiger partial charge < -0.3 is 20.5 Å². The second-order valence-corrected chi connectivity index (χ2v) is 8.28. The lowest BCUT2D eigenvalue weighted by Gasteiger charge is -2.17. The van der Waals surface area contributed by atoms with Crippen molar-refractivity contribution in [2.75, 3.05) is 6.61 Å². The highest BCUT2D eigenvalue weighted by atomic mass is 32.1. The predicted octanol–water partition coefficient (Wildman–Crippen LogP) is 3.38. The van der Waals surface area contributed by atoms with E-state index in [-0.39, 0.29) is 24.8 Å². The number of thiazole rings is 1. The first-order valence-electron chi connectivity index (χ1n) is 10.0. The van der Waals surface area contributed by atoms with Gasteiger partial charge in [0.2, 0.25) is 5.91 Å². The van der Waals surface area contributed by atoms with Crippen molar-refractivity contribution in [3.8, 4) is 11.1 Å². The van der Waals surface area contributed by atoms with E-state index in [1.165, 1.54) is 5.38 Å². The third-order valence-electron chi connectivity index (χ3n) is 5.26. The van der Waals surface area contributed by atoms with E-state index in [0.29, 0.717) is 5.01 Å². The molecular formula is C23H21N3O5S. The standard InChI is InChI=1S/C23H21N3O5S/c1-13(21(27)24-10-20-26-19(12-32-20)22(28)29)25-23(30)31-11-18-16-8-4-2-6-14(16)15-7-3-5-9-17(15)18/h2-9,12-13,18H,10-11H2,1H3,(H,24,27)(H,25,30)(H,28,29)/t13-/m1/s1. The normalized spacial score (nSPS) is 13.0. The molecule has 0 saturated carbocycles. The van der Waals surface area contributed by atoms with Crippen LogP contribution in [0.1, 0.15) is 39.5 Å². The van der Waals surface area contributed by atoms with E-state index in [1.807, 2.05) is 36.4 Å². The van der Waals surface area contributed by atoms with Gasteiger partial charge in [-0.3, -0.25) is 4.79 Å². The number of amides is 2. The van der Waals surface area contributed by atoms with Crippen LogP contribution in [0.5, 0.6) is 0 Å². The van der Waals surface area contributed by atoms with Crippen LogP contribution in [0, 0.1) is 0 Å². The van der Waals surface area contributed by atoms with Crippen molar-refractivity contribution in [3.05, 3.63) is 75.7 Å². The molecule has 0 radical (unpaired) electrons. The maximum absolute atomic E-state index is 12.3. The van der Waals surface area contributed by atoms with Crippen molar-refractivity contribution in [1.82, 2.24) is 15.6 Å². The van der Waals surface area contributed by atoms with E-state index in [1.54, 1.807) is 6.92 Å². The third-order valence-corrected chi connectivity index (χ3v) is 6.10. The number of nitrogens with zero attached hydrogens (tertiary/aromatic N) is 1. The molecule has 0 saturated heterocycles. The maximum atomic E-state index is 12.3. The highest BCUT2D eigenvalue weighted by Crippen LogP contribution is 2.44. The summed E-state index contributed by atoms with van der Waals surface area (Å²) in [6.07, 6.45) is -0.683. The maximum Gasteiger partial charge on any atom is 0.407 e. The van der Waals surface area contributed by atoms with E-state index in [0.717, 1.165) is 33.6 Å². The van der Waals surface area contributed by atoms with Crippen molar-refractivity contribution in [2.45, 2.75) is 25.4 Å². The summed E-state index contributed by atoms with van der Waals surface area (Å²) in [5.41, 5.74) is 4.42. The molecular weight excluding hydrogens is 430 g/mol. The summed E-state index contributed by atoms with van der Waals surface area (Å²) in [5, 5.41) is 15.9. The molecule has 0 unspecified atom stereocenters. The highest BCUT2D eigenvalue weighted by Gasteiger charge is 2.29. The van der Waals surface area contributed by atoms with Crippen LogP contribution in [0.3, 0.4) is 0 Å². The van der Waals surface area contributed by atoms with Crippen LogP contribution < -0.4 is 10.6 Å². The number of benzene rings is 2. The summed E-state index contributed by atoms with van der Waals surface area (Å²) in [7, 11) is 0. The number of hydrogen-bond acceptors (Lipinski definition) is 6. The summed E-state index contributed by atoms with van der Waals surface area (Å²) in [4.78, 5) is 39.3. The molecule has 3 aromatic rings. The van der Waals surface area contributed by atoms with Crippen molar-refractivity contribution in [2.24, 2.45) is 0 Å². The Morgan fingerprint density at radius 2 is 1.72 bits per heavy atom. The third kappa shape index (κ3) is 4.47. The number of ether oxygens (including phenoxy) is 1. The monoisotopic (exact) mass is 451 g/mol. The van der Waals surface area contributed by atoms with E-state index in [2.05, 4.69) is 27.8 Å². The van der Waals surface area contributed by atoms with Gasteiger partial charge in [0.15, 0.2) is 5.69 Å². The van der Waals surface area contributed by atoms with Crippen LogP contribution in [-0.2, 0) is 16.1 Å². The Bertz CT molecular complexity index is 1130. The lowest BCUT2D eigenvalue weighted by Crippen LogP contribution is -2.45. The van der Waals surface area contributed by atoms with Gasteiger partial charge in [-0.15, -0.1) is 11.3 Å². The molecule has 2 amide bonds. The van der Waals surface area contributed by atoms with Crippen LogP contribution in [-0.4, -0.2) is 40.7 Å². The molecule has 0 fully saturated rings. The van der Waals surface area contributed by atoms with Crippen molar-refractivity contribution in [1.29, 1.82) is 0 Å². The van der Waals surface area contributed by atoms with E-state index in [4.69, 9.17) is 9.84 Å². The van der Waals surface area contributed by atoms with Gasteiger partial charge in [-0.25, -0.2) is 14.6 Å². The Balaban J connectivity index is 1.30. The smallest absolute Gasteiger partial charge is 0.407 e. The molecule has 1 atom stereocenters. The minimum absolute atomic E-state index is 0.0642. The fraction of sp³-hybridized carbons (Fsp3) is 0.217. The number of alkyl carbamates (subject to hydrolysis) is 1. The Kier molecular flexibility index (Phi) is 6.18. The molecule has 8 nitrogen and oxygen atoms in total. The molecule has 32 heavy (non-hydrogen) atoms. The fourth-order valence-corrected chi connectivity index (χ4v) is 4.40. The number of carbonyl (C=O) groups excluding carboxylic acids is 2. The number of carbonyl (C=O) groups is 3. The van der Waals surface area contributed by atoms with Crippen LogP contribution in [0.25, 0.3) is 11.1 Å². The quantitative estimate of drug-likeness (QED) is 0.507. The predicted molar refractivity (Wildman–Crippen MR) is 119 cm³/mol. The molecule has 1 aromatic heterocycles. The Morgan fingerprint density at radius 1 is 1.09 bits per heavy atom. The molecule has 1 aliphatic carbocycles. The lowest BCUT2D eigenvalue weighted by atomic mass is 9.98. The summed E-state index contributed by atoms with van der Waals surface area (Å²) in [6.45, 7) is 1.78. The summed E-state index contributed by atoms with van der Waals surface area (Å²) in [6, 6.07) is 15.3. The first-order valence-corrected chi connectivity index (χ1v) is 10.9. The van der Waals surface area contributed by atoms with Crippen LogP contribution >= 0.6 is 11.3 Å². The van der Waals surface area contributed by atoms with Crippen molar-refractivity contribution < 1.29 is 24.2 Å². The van der Waals surface area contributed by atoms with Gasteiger partial charge in [0, 0.05) is 11.3 Å². The second kappa shape index (κ2) is 9.19. The van der Waals surface area contributed by atoms with Crippen LogP contribution in [0.15, 0.2) is 53.9 Å². The Morgan fingerprint density at radius 3 is 2.31 bits per heavy atom. The molecule has 1 aliphatic rings. The average molecular weight is 452 g/mol. The zero-order valence-corrected chi connectivity index (χ0v) is 18.0. The van der Waals surface area contributed by atoms with Gasteiger partial charge in [0.1, 0.15) is 17.7 Å². The number of carboxylic acids is 1. The summed E-state index contributed by atoms with van der Waals surface area (Å²) >= 11 is 1.14. The van der Waals surface area contributed by atoms with Crippen LogP contribution in [0.2, 0.25) is 0 Å². The van der Waals surface area contributed by atoms with Gasteiger partial charge in [0.25, 0.3) is 0 Å². The van der Waals surface area contributed by atoms with Gasteiger partial charge in [-0.1, -0.05) is 48.5 Å². The molecule has 0 spiro atoms. The first kappa shape index (κ1) is 21.5. The molecule has 4 rings (SSSR count). The van der Waals surface area contributed by atoms with Crippen molar-refractivity contribution >= 4 is 29.3 Å². The van der Waals surface area contributed by atoms with E-state index in [9.17, 15) is 14.4 Å². The molecule has 0 aliphatic heterocycles. The summed E-state index contributed by atoms with van der Waals surface area (Å²) in [5.74, 6) is -1.61. The molecule has 164 valence electrons. The number of hydrogen-bond donors (Lipinski definition) is 3. The van der Waals surface area contributed by atoms with Crippen molar-refractivity contribution in [3.63, 3.8) is 0 Å². The number of nitrogens with one attached hydrogen (secondary N) is 2. The van der Waals surface area contributed by atoms with Gasteiger partial charge in [0.05, 0.1) is 6.54 Å². The molecule has 0 bridgehead atoms. The molecule has 9 heteroatoms. The average Bonchev–Trinajstić information content (AvgIpc) is 3.39. The van der Waals surface area contributed by atoms with E-state index >= 15 is 0 Å². The second-order valence-electron chi connectivity index (χ2n) is 7.34. The highest BCUT2D eigenvalue weighted by molar-refractivity contribution is 7.09. The summed E-state index contributed by atoms with van der Waals surface area (Å²) < 4.78 is 5.45. The van der Waals surface area contributed by atoms with Gasteiger partial charge >= 0.3 is 12.1 Å². The molecule has 1 heterocycles. The molecule has 2 aromatic carbocycles. The lowest BCUT2D eigenvalue weighted by molar-refractivity contribution is -0.122. The number of aromatic carboxylic acids is 1. The van der Waals surface area contributed by atoms with Gasteiger partial charge in [-0.05, 0) is 29.2 Å². The van der Waals surface area contributed by atoms with E-state index < -0.39 is 24.0 Å². The topological polar surface area (TPSA) is 118 Å². The van der Waals surface area contributed by atoms with Crippen LogP contribution in [0.4, 0.5) is 4.79 Å². The fourth-order valence-electron chi connectivity index (χ4n) is 3.69. The molecule has 3 N–H and O–H groups in total. The Labute approximate surface area is 188 Å². The van der Waals surface area contributed by atoms with Gasteiger partial charge in [-0.2, -0.15) is 0 Å². The largest absolute Gasteiger partial charge is 0.476 e. The number of carboxylic acid groups (broad SMARTS) is 1. The zero-order chi connectivity index (χ0) is 22.7. The number of aromatic nitrogens is 1. The minimum Gasteiger partial charge on any atom is -0.476 e. The number of fused-ring (bicyclic) bond motifs is 3. The zero-order valence-electron chi connectivity index (χ0n) is 17.2. The first-order chi connectivity index (χ1) is 15.4. The number of rotatable bonds is 7.